The van der Waals surface area contributed by atoms with Crippen molar-refractivity contribution in [1.29, 1.82) is 5.26 Å². The molecule has 0 aliphatic carbocycles. The van der Waals surface area contributed by atoms with Crippen molar-refractivity contribution in [3.63, 3.8) is 0 Å². The van der Waals surface area contributed by atoms with Gasteiger partial charge in [0.15, 0.2) is 0 Å². The van der Waals surface area contributed by atoms with E-state index in [9.17, 15) is 0 Å². The van der Waals surface area contributed by atoms with Crippen molar-refractivity contribution in [2.24, 2.45) is 0 Å². The molecule has 1 aromatic heterocycles. The quantitative estimate of drug-likeness (QED) is 0.927. The molecular formula is C16H17N5. The van der Waals surface area contributed by atoms with Gasteiger partial charge in [0.2, 0.25) is 5.82 Å². The molecule has 106 valence electrons. The van der Waals surface area contributed by atoms with Crippen LogP contribution in [-0.4, -0.2) is 34.0 Å². The van der Waals surface area contributed by atoms with Gasteiger partial charge in [-0.05, 0) is 18.1 Å². The molecule has 1 fully saturated rings. The van der Waals surface area contributed by atoms with Gasteiger partial charge in [-0.15, -0.1) is 0 Å². The monoisotopic (exact) mass is 279 g/mol. The summed E-state index contributed by atoms with van der Waals surface area (Å²) < 4.78 is 0. The molecule has 0 spiro atoms. The van der Waals surface area contributed by atoms with Gasteiger partial charge in [0.1, 0.15) is 11.9 Å². The van der Waals surface area contributed by atoms with E-state index in [1.54, 1.807) is 12.3 Å². The van der Waals surface area contributed by atoms with Crippen LogP contribution in [0.4, 0.5) is 5.82 Å². The molecule has 1 aliphatic heterocycles. The molecule has 1 atom stereocenters. The second-order valence-electron chi connectivity index (χ2n) is 5.23. The average Bonchev–Trinajstić information content (AvgIpc) is 2.95. The Morgan fingerprint density at radius 3 is 2.95 bits per heavy atom. The third kappa shape index (κ3) is 3.56. The molecule has 2 heterocycles. The van der Waals surface area contributed by atoms with Gasteiger partial charge >= 0.3 is 0 Å². The summed E-state index contributed by atoms with van der Waals surface area (Å²) in [6.45, 7) is 3.04. The molecule has 1 N–H and O–H groups in total. The van der Waals surface area contributed by atoms with E-state index < -0.39 is 0 Å². The number of nitrogens with one attached hydrogen (secondary N) is 1. The number of hydrogen-bond donors (Lipinski definition) is 1. The summed E-state index contributed by atoms with van der Waals surface area (Å²) in [6.07, 6.45) is 2.70. The number of nitrogens with zero attached hydrogens (tertiary/aromatic N) is 4. The third-order valence-electron chi connectivity index (χ3n) is 3.63. The summed E-state index contributed by atoms with van der Waals surface area (Å²) >= 11 is 0. The summed E-state index contributed by atoms with van der Waals surface area (Å²) in [5.41, 5.74) is 1.34. The summed E-state index contributed by atoms with van der Waals surface area (Å²) in [5.74, 6) is 0.937. The fourth-order valence-electron chi connectivity index (χ4n) is 2.64. The molecule has 0 bridgehead atoms. The lowest BCUT2D eigenvalue weighted by atomic mass is 10.2. The largest absolute Gasteiger partial charge is 0.366 e. The zero-order valence-electron chi connectivity index (χ0n) is 11.7. The average molecular weight is 279 g/mol. The molecule has 0 amide bonds. The number of rotatable bonds is 4. The molecule has 21 heavy (non-hydrogen) atoms. The number of aromatic nitrogens is 2. The lowest BCUT2D eigenvalue weighted by Crippen LogP contribution is -2.26. The van der Waals surface area contributed by atoms with Crippen LogP contribution in [0, 0.1) is 11.3 Å². The second-order valence-corrected chi connectivity index (χ2v) is 5.23. The van der Waals surface area contributed by atoms with E-state index in [4.69, 9.17) is 5.26 Å². The van der Waals surface area contributed by atoms with Crippen LogP contribution in [0.2, 0.25) is 0 Å². The second kappa shape index (κ2) is 6.33. The SMILES string of the molecule is N#Cc1nccc(NC2CCN(Cc3ccccc3)C2)n1. The van der Waals surface area contributed by atoms with Gasteiger partial charge in [-0.1, -0.05) is 30.3 Å². The van der Waals surface area contributed by atoms with Gasteiger partial charge in [-0.25, -0.2) is 9.97 Å². The maximum atomic E-state index is 8.82. The Hall–Kier alpha value is -2.45. The highest BCUT2D eigenvalue weighted by atomic mass is 15.2. The highest BCUT2D eigenvalue weighted by molar-refractivity contribution is 5.36. The molecule has 1 aliphatic rings. The van der Waals surface area contributed by atoms with E-state index in [1.165, 1.54) is 5.56 Å². The Labute approximate surface area is 124 Å². The first kappa shape index (κ1) is 13.5. The minimum Gasteiger partial charge on any atom is -0.366 e. The lowest BCUT2D eigenvalue weighted by Gasteiger charge is -2.17. The summed E-state index contributed by atoms with van der Waals surface area (Å²) in [7, 11) is 0. The van der Waals surface area contributed by atoms with Gasteiger partial charge in [-0.2, -0.15) is 5.26 Å². The van der Waals surface area contributed by atoms with Crippen LogP contribution in [-0.2, 0) is 6.54 Å². The Balaban J connectivity index is 1.56. The van der Waals surface area contributed by atoms with Crippen molar-refractivity contribution in [3.8, 4) is 6.07 Å². The number of benzene rings is 1. The molecule has 0 radical (unpaired) electrons. The van der Waals surface area contributed by atoms with Gasteiger partial charge in [0.25, 0.3) is 0 Å². The highest BCUT2D eigenvalue weighted by Crippen LogP contribution is 2.16. The van der Waals surface area contributed by atoms with Gasteiger partial charge in [-0.3, -0.25) is 4.90 Å². The van der Waals surface area contributed by atoms with Crippen molar-refractivity contribution in [1.82, 2.24) is 14.9 Å². The standard InChI is InChI=1S/C16H17N5/c17-10-16-18-8-6-15(20-16)19-14-7-9-21(12-14)11-13-4-2-1-3-5-13/h1-6,8,14H,7,9,11-12H2,(H,18,19,20). The first-order valence-electron chi connectivity index (χ1n) is 7.09. The van der Waals surface area contributed by atoms with E-state index >= 15 is 0 Å². The van der Waals surface area contributed by atoms with Crippen LogP contribution in [0.1, 0.15) is 17.8 Å². The molecular weight excluding hydrogens is 262 g/mol. The fourth-order valence-corrected chi connectivity index (χ4v) is 2.64. The number of likely N-dealkylation sites (tertiary alicyclic amines) is 1. The van der Waals surface area contributed by atoms with E-state index in [0.717, 1.165) is 31.9 Å². The van der Waals surface area contributed by atoms with Crippen LogP contribution in [0.15, 0.2) is 42.6 Å². The van der Waals surface area contributed by atoms with Gasteiger partial charge in [0, 0.05) is 31.9 Å². The molecule has 5 nitrogen and oxygen atoms in total. The smallest absolute Gasteiger partial charge is 0.234 e. The van der Waals surface area contributed by atoms with Crippen molar-refractivity contribution >= 4 is 5.82 Å². The molecule has 1 saturated heterocycles. The minimum absolute atomic E-state index is 0.208. The fraction of sp³-hybridized carbons (Fsp3) is 0.312. The Bertz CT molecular complexity index is 635. The molecule has 5 heteroatoms. The van der Waals surface area contributed by atoms with Crippen LogP contribution in [0.5, 0.6) is 0 Å². The zero-order chi connectivity index (χ0) is 14.5. The van der Waals surface area contributed by atoms with E-state index in [1.807, 2.05) is 12.1 Å². The Morgan fingerprint density at radius 2 is 2.14 bits per heavy atom. The summed E-state index contributed by atoms with van der Waals surface area (Å²) in [5, 5.41) is 12.2. The van der Waals surface area contributed by atoms with Crippen molar-refractivity contribution in [3.05, 3.63) is 54.0 Å². The van der Waals surface area contributed by atoms with Crippen LogP contribution in [0.25, 0.3) is 0 Å². The van der Waals surface area contributed by atoms with Gasteiger partial charge in [0.05, 0.1) is 0 Å². The summed E-state index contributed by atoms with van der Waals surface area (Å²) in [6, 6.07) is 14.6. The number of nitriles is 1. The predicted octanol–water partition coefficient (Wildman–Crippen LogP) is 2.03. The van der Waals surface area contributed by atoms with E-state index in [2.05, 4.69) is 44.5 Å². The number of hydrogen-bond acceptors (Lipinski definition) is 5. The maximum absolute atomic E-state index is 8.82. The van der Waals surface area contributed by atoms with Crippen molar-refractivity contribution in [2.45, 2.75) is 19.0 Å². The maximum Gasteiger partial charge on any atom is 0.234 e. The number of anilines is 1. The predicted molar refractivity (Wildman–Crippen MR) is 80.5 cm³/mol. The zero-order valence-corrected chi connectivity index (χ0v) is 11.7. The third-order valence-corrected chi connectivity index (χ3v) is 3.63. The van der Waals surface area contributed by atoms with E-state index in [0.29, 0.717) is 6.04 Å². The van der Waals surface area contributed by atoms with Crippen LogP contribution in [0.3, 0.4) is 0 Å². The topological polar surface area (TPSA) is 64.8 Å². The van der Waals surface area contributed by atoms with E-state index in [-0.39, 0.29) is 5.82 Å². The van der Waals surface area contributed by atoms with Gasteiger partial charge < -0.3 is 5.32 Å². The van der Waals surface area contributed by atoms with Crippen molar-refractivity contribution < 1.29 is 0 Å². The normalized spacial score (nSPS) is 18.3. The molecule has 0 saturated carbocycles. The molecule has 1 aromatic carbocycles. The molecule has 3 rings (SSSR count). The lowest BCUT2D eigenvalue weighted by molar-refractivity contribution is 0.328. The van der Waals surface area contributed by atoms with Crippen molar-refractivity contribution in [2.75, 3.05) is 18.4 Å². The molecule has 2 aromatic rings. The van der Waals surface area contributed by atoms with Crippen LogP contribution < -0.4 is 5.32 Å². The highest BCUT2D eigenvalue weighted by Gasteiger charge is 2.22. The Kier molecular flexibility index (Phi) is 4.08. The first-order chi connectivity index (χ1) is 10.3. The summed E-state index contributed by atoms with van der Waals surface area (Å²) in [4.78, 5) is 10.5. The first-order valence-corrected chi connectivity index (χ1v) is 7.09. The minimum atomic E-state index is 0.208. The van der Waals surface area contributed by atoms with Crippen LogP contribution >= 0.6 is 0 Å². The Morgan fingerprint density at radius 1 is 1.29 bits per heavy atom. The molecule has 1 unspecified atom stereocenters.